The van der Waals surface area contributed by atoms with Crippen LogP contribution in [0.4, 0.5) is 0 Å². The number of ether oxygens (including phenoxy) is 1. The number of aromatic carboxylic acids is 1. The number of aryl methyl sites for hydroxylation is 1. The van der Waals surface area contributed by atoms with Crippen LogP contribution in [0.2, 0.25) is 0 Å². The molecule has 5 heteroatoms. The van der Waals surface area contributed by atoms with Crippen LogP contribution in [-0.2, 0) is 0 Å². The second-order valence-corrected chi connectivity index (χ2v) is 4.59. The summed E-state index contributed by atoms with van der Waals surface area (Å²) >= 11 is 3.32. The third kappa shape index (κ3) is 2.68. The van der Waals surface area contributed by atoms with Gasteiger partial charge in [0.25, 0.3) is 0 Å². The Morgan fingerprint density at radius 3 is 2.83 bits per heavy atom. The highest BCUT2D eigenvalue weighted by molar-refractivity contribution is 9.10. The van der Waals surface area contributed by atoms with Crippen molar-refractivity contribution in [3.8, 4) is 11.6 Å². The second-order valence-electron chi connectivity index (χ2n) is 3.67. The van der Waals surface area contributed by atoms with Crippen LogP contribution in [0.5, 0.6) is 11.6 Å². The van der Waals surface area contributed by atoms with E-state index in [4.69, 9.17) is 9.84 Å². The van der Waals surface area contributed by atoms with Crippen molar-refractivity contribution in [2.45, 2.75) is 6.92 Å². The molecule has 0 fully saturated rings. The minimum absolute atomic E-state index is 0.0810. The molecule has 0 amide bonds. The van der Waals surface area contributed by atoms with E-state index < -0.39 is 5.97 Å². The molecule has 0 aliphatic rings. The van der Waals surface area contributed by atoms with E-state index in [1.165, 1.54) is 6.20 Å². The summed E-state index contributed by atoms with van der Waals surface area (Å²) in [7, 11) is 0. The maximum atomic E-state index is 11.2. The van der Waals surface area contributed by atoms with Gasteiger partial charge in [0.15, 0.2) is 0 Å². The Morgan fingerprint density at radius 2 is 2.17 bits per heavy atom. The Balaban J connectivity index is 2.40. The summed E-state index contributed by atoms with van der Waals surface area (Å²) in [5.41, 5.74) is 0.694. The Hall–Kier alpha value is -1.88. The Bertz CT molecular complexity index is 599. The zero-order valence-corrected chi connectivity index (χ0v) is 11.1. The molecule has 1 N–H and O–H groups in total. The van der Waals surface area contributed by atoms with Crippen LogP contribution in [-0.4, -0.2) is 16.1 Å². The number of halogens is 1. The van der Waals surface area contributed by atoms with Crippen molar-refractivity contribution >= 4 is 21.9 Å². The smallest absolute Gasteiger partial charge is 0.341 e. The molecule has 0 aliphatic heterocycles. The first-order valence-electron chi connectivity index (χ1n) is 5.20. The summed E-state index contributed by atoms with van der Waals surface area (Å²) in [6, 6.07) is 8.78. The lowest BCUT2D eigenvalue weighted by Gasteiger charge is -2.09. The topological polar surface area (TPSA) is 59.4 Å². The van der Waals surface area contributed by atoms with Crippen molar-refractivity contribution in [2.75, 3.05) is 0 Å². The standard InChI is InChI=1S/C13H10BrNO3/c1-8-5-6-15-12(11(8)13(16)17)18-10-4-2-3-9(14)7-10/h2-7H,1H3,(H,16,17). The molecule has 0 atom stereocenters. The summed E-state index contributed by atoms with van der Waals surface area (Å²) in [5.74, 6) is -0.420. The Kier molecular flexibility index (Phi) is 3.62. The van der Waals surface area contributed by atoms with Crippen molar-refractivity contribution in [1.29, 1.82) is 0 Å². The van der Waals surface area contributed by atoms with Gasteiger partial charge in [0.05, 0.1) is 0 Å². The number of hydrogen-bond donors (Lipinski definition) is 1. The van der Waals surface area contributed by atoms with Crippen LogP contribution >= 0.6 is 15.9 Å². The molecule has 1 aromatic carbocycles. The van der Waals surface area contributed by atoms with Crippen LogP contribution in [0.1, 0.15) is 15.9 Å². The fraction of sp³-hybridized carbons (Fsp3) is 0.0769. The Labute approximate surface area is 112 Å². The summed E-state index contributed by atoms with van der Waals surface area (Å²) in [6.45, 7) is 1.71. The quantitative estimate of drug-likeness (QED) is 0.940. The number of hydrogen-bond acceptors (Lipinski definition) is 3. The van der Waals surface area contributed by atoms with E-state index in [1.54, 1.807) is 31.2 Å². The highest BCUT2D eigenvalue weighted by atomic mass is 79.9. The highest BCUT2D eigenvalue weighted by Gasteiger charge is 2.16. The van der Waals surface area contributed by atoms with Crippen molar-refractivity contribution in [2.24, 2.45) is 0 Å². The van der Waals surface area contributed by atoms with E-state index in [0.29, 0.717) is 11.3 Å². The number of nitrogens with zero attached hydrogens (tertiary/aromatic N) is 1. The van der Waals surface area contributed by atoms with Gasteiger partial charge in [-0.1, -0.05) is 22.0 Å². The maximum absolute atomic E-state index is 11.2. The average Bonchev–Trinajstić information content (AvgIpc) is 2.28. The lowest BCUT2D eigenvalue weighted by molar-refractivity contribution is 0.0692. The van der Waals surface area contributed by atoms with E-state index >= 15 is 0 Å². The molecule has 0 unspecified atom stereocenters. The largest absolute Gasteiger partial charge is 0.477 e. The van der Waals surface area contributed by atoms with Crippen LogP contribution in [0.25, 0.3) is 0 Å². The molecule has 2 rings (SSSR count). The predicted molar refractivity (Wildman–Crippen MR) is 70.1 cm³/mol. The highest BCUT2D eigenvalue weighted by Crippen LogP contribution is 2.27. The van der Waals surface area contributed by atoms with Crippen LogP contribution in [0.3, 0.4) is 0 Å². The lowest BCUT2D eigenvalue weighted by atomic mass is 10.1. The minimum Gasteiger partial charge on any atom is -0.477 e. The summed E-state index contributed by atoms with van der Waals surface area (Å²) in [5, 5.41) is 9.15. The number of carboxylic acids is 1. The summed E-state index contributed by atoms with van der Waals surface area (Å²) in [6.07, 6.45) is 1.52. The second kappa shape index (κ2) is 5.18. The first kappa shape index (κ1) is 12.6. The van der Waals surface area contributed by atoms with E-state index in [-0.39, 0.29) is 11.4 Å². The zero-order chi connectivity index (χ0) is 13.1. The van der Waals surface area contributed by atoms with Crippen LogP contribution in [0.15, 0.2) is 41.0 Å². The third-order valence-corrected chi connectivity index (χ3v) is 2.84. The number of carbonyl (C=O) groups is 1. The third-order valence-electron chi connectivity index (χ3n) is 2.35. The monoisotopic (exact) mass is 307 g/mol. The molecule has 1 aromatic heterocycles. The van der Waals surface area contributed by atoms with Crippen molar-refractivity contribution < 1.29 is 14.6 Å². The molecule has 0 saturated carbocycles. The SMILES string of the molecule is Cc1ccnc(Oc2cccc(Br)c2)c1C(=O)O. The van der Waals surface area contributed by atoms with E-state index in [2.05, 4.69) is 20.9 Å². The molecule has 0 radical (unpaired) electrons. The van der Waals surface area contributed by atoms with Gasteiger partial charge in [0.2, 0.25) is 5.88 Å². The first-order chi connectivity index (χ1) is 8.58. The summed E-state index contributed by atoms with van der Waals surface area (Å²) < 4.78 is 6.36. The van der Waals surface area contributed by atoms with Gasteiger partial charge in [-0.15, -0.1) is 0 Å². The van der Waals surface area contributed by atoms with Gasteiger partial charge in [0, 0.05) is 10.7 Å². The Morgan fingerprint density at radius 1 is 1.39 bits per heavy atom. The molecule has 2 aromatic rings. The first-order valence-corrected chi connectivity index (χ1v) is 5.99. The van der Waals surface area contributed by atoms with Gasteiger partial charge in [-0.05, 0) is 36.8 Å². The van der Waals surface area contributed by atoms with Gasteiger partial charge in [0.1, 0.15) is 11.3 Å². The van der Waals surface area contributed by atoms with Gasteiger partial charge in [-0.2, -0.15) is 0 Å². The van der Waals surface area contributed by atoms with E-state index in [9.17, 15) is 4.79 Å². The zero-order valence-electron chi connectivity index (χ0n) is 9.55. The average molecular weight is 308 g/mol. The fourth-order valence-corrected chi connectivity index (χ4v) is 1.89. The number of aromatic nitrogens is 1. The predicted octanol–water partition coefficient (Wildman–Crippen LogP) is 3.64. The molecule has 18 heavy (non-hydrogen) atoms. The number of carboxylic acid groups (broad SMARTS) is 1. The fourth-order valence-electron chi connectivity index (χ4n) is 1.51. The van der Waals surface area contributed by atoms with Crippen molar-refractivity contribution in [3.05, 3.63) is 52.1 Å². The number of rotatable bonds is 3. The molecule has 0 bridgehead atoms. The van der Waals surface area contributed by atoms with Crippen LogP contribution < -0.4 is 4.74 Å². The number of benzene rings is 1. The molecular formula is C13H10BrNO3. The van der Waals surface area contributed by atoms with Gasteiger partial charge >= 0.3 is 5.97 Å². The van der Waals surface area contributed by atoms with Gasteiger partial charge in [-0.3, -0.25) is 0 Å². The van der Waals surface area contributed by atoms with E-state index in [0.717, 1.165) is 4.47 Å². The van der Waals surface area contributed by atoms with Crippen molar-refractivity contribution in [1.82, 2.24) is 4.98 Å². The molecule has 92 valence electrons. The molecule has 4 nitrogen and oxygen atoms in total. The van der Waals surface area contributed by atoms with Gasteiger partial charge in [-0.25, -0.2) is 9.78 Å². The normalized spacial score (nSPS) is 10.1. The lowest BCUT2D eigenvalue weighted by Crippen LogP contribution is -2.04. The molecule has 1 heterocycles. The summed E-state index contributed by atoms with van der Waals surface area (Å²) in [4.78, 5) is 15.1. The maximum Gasteiger partial charge on any atom is 0.341 e. The van der Waals surface area contributed by atoms with Gasteiger partial charge < -0.3 is 9.84 Å². The molecule has 0 saturated heterocycles. The molecular weight excluding hydrogens is 298 g/mol. The molecule has 0 aliphatic carbocycles. The molecule has 0 spiro atoms. The minimum atomic E-state index is -1.05. The number of pyridine rings is 1. The van der Waals surface area contributed by atoms with E-state index in [1.807, 2.05) is 6.07 Å². The van der Waals surface area contributed by atoms with Crippen LogP contribution in [0, 0.1) is 6.92 Å². The van der Waals surface area contributed by atoms with Crippen molar-refractivity contribution in [3.63, 3.8) is 0 Å².